The normalized spacial score (nSPS) is 13.2. The van der Waals surface area contributed by atoms with E-state index in [0.717, 1.165) is 18.3 Å². The van der Waals surface area contributed by atoms with Gasteiger partial charge in [0.2, 0.25) is 0 Å². The van der Waals surface area contributed by atoms with Crippen LogP contribution in [0.15, 0.2) is 29.3 Å². The molecule has 0 bridgehead atoms. The molecule has 0 aliphatic heterocycles. The molecular weight excluding hydrogens is 262 g/mol. The average Bonchev–Trinajstić information content (AvgIpc) is 2.57. The van der Waals surface area contributed by atoms with Crippen molar-refractivity contribution in [3.05, 3.63) is 30.0 Å². The summed E-state index contributed by atoms with van der Waals surface area (Å²) in [5.41, 5.74) is -1.02. The van der Waals surface area contributed by atoms with Crippen LogP contribution in [0.5, 0.6) is 0 Å². The lowest BCUT2D eigenvalue weighted by Gasteiger charge is -2.05. The number of hydrogen-bond donors (Lipinski definition) is 1. The minimum absolute atomic E-state index is 0.0870. The van der Waals surface area contributed by atoms with Crippen LogP contribution in [0.1, 0.15) is 5.56 Å². The van der Waals surface area contributed by atoms with Crippen LogP contribution in [0.25, 0.3) is 10.9 Å². The van der Waals surface area contributed by atoms with Gasteiger partial charge in [0.1, 0.15) is 4.90 Å². The van der Waals surface area contributed by atoms with E-state index in [1.807, 2.05) is 0 Å². The minimum Gasteiger partial charge on any atom is -0.360 e. The first-order valence-corrected chi connectivity index (χ1v) is 5.71. The summed E-state index contributed by atoms with van der Waals surface area (Å²) in [5, 5.41) is -0.111. The fourth-order valence-electron chi connectivity index (χ4n) is 1.48. The molecule has 0 fully saturated rings. The SMILES string of the molecule is O=S(=O)(F)c1c[nH]c2cc(C(F)(F)F)ccc12. The second-order valence-electron chi connectivity index (χ2n) is 3.35. The van der Waals surface area contributed by atoms with Gasteiger partial charge in [-0.15, -0.1) is 3.89 Å². The van der Waals surface area contributed by atoms with Crippen molar-refractivity contribution < 1.29 is 25.5 Å². The fraction of sp³-hybridized carbons (Fsp3) is 0.111. The molecule has 0 aliphatic carbocycles. The highest BCUT2D eigenvalue weighted by Crippen LogP contribution is 2.33. The number of aromatic nitrogens is 1. The van der Waals surface area contributed by atoms with Gasteiger partial charge in [0, 0.05) is 17.1 Å². The van der Waals surface area contributed by atoms with E-state index in [-0.39, 0.29) is 10.9 Å². The molecule has 0 saturated heterocycles. The molecule has 2 rings (SSSR count). The van der Waals surface area contributed by atoms with Gasteiger partial charge in [-0.25, -0.2) is 0 Å². The molecule has 0 atom stereocenters. The first kappa shape index (κ1) is 11.9. The number of alkyl halides is 3. The molecule has 0 aliphatic rings. The third-order valence-corrected chi connectivity index (χ3v) is 3.10. The molecule has 0 saturated carbocycles. The molecule has 0 amide bonds. The number of hydrogen-bond acceptors (Lipinski definition) is 2. The number of benzene rings is 1. The van der Waals surface area contributed by atoms with Crippen molar-refractivity contribution in [2.24, 2.45) is 0 Å². The van der Waals surface area contributed by atoms with Crippen LogP contribution in [0, 0.1) is 0 Å². The Morgan fingerprint density at radius 2 is 1.82 bits per heavy atom. The van der Waals surface area contributed by atoms with Crippen molar-refractivity contribution in [3.8, 4) is 0 Å². The summed E-state index contributed by atoms with van der Waals surface area (Å²) < 4.78 is 71.2. The summed E-state index contributed by atoms with van der Waals surface area (Å²) >= 11 is 0. The number of aromatic amines is 1. The molecule has 1 heterocycles. The second-order valence-corrected chi connectivity index (χ2v) is 4.66. The van der Waals surface area contributed by atoms with Crippen LogP contribution in [0.2, 0.25) is 0 Å². The highest BCUT2D eigenvalue weighted by molar-refractivity contribution is 7.86. The van der Waals surface area contributed by atoms with E-state index in [9.17, 15) is 25.5 Å². The van der Waals surface area contributed by atoms with Crippen molar-refractivity contribution >= 4 is 21.1 Å². The van der Waals surface area contributed by atoms with Gasteiger partial charge in [0.15, 0.2) is 0 Å². The van der Waals surface area contributed by atoms with Gasteiger partial charge in [0.25, 0.3) is 0 Å². The van der Waals surface area contributed by atoms with Crippen LogP contribution >= 0.6 is 0 Å². The molecule has 0 unspecified atom stereocenters. The van der Waals surface area contributed by atoms with E-state index in [2.05, 4.69) is 4.98 Å². The lowest BCUT2D eigenvalue weighted by molar-refractivity contribution is -0.137. The Morgan fingerprint density at radius 3 is 2.35 bits per heavy atom. The Hall–Kier alpha value is -1.57. The van der Waals surface area contributed by atoms with Gasteiger partial charge in [0.05, 0.1) is 5.56 Å². The second kappa shape index (κ2) is 3.46. The lowest BCUT2D eigenvalue weighted by atomic mass is 10.1. The first-order valence-electron chi connectivity index (χ1n) is 4.32. The zero-order valence-corrected chi connectivity index (χ0v) is 8.86. The summed E-state index contributed by atoms with van der Waals surface area (Å²) in [6.07, 6.45) is -3.71. The largest absolute Gasteiger partial charge is 0.416 e. The molecule has 3 nitrogen and oxygen atoms in total. The monoisotopic (exact) mass is 267 g/mol. The van der Waals surface area contributed by atoms with Crippen molar-refractivity contribution in [1.29, 1.82) is 0 Å². The Labute approximate surface area is 93.3 Å². The molecule has 17 heavy (non-hydrogen) atoms. The lowest BCUT2D eigenvalue weighted by Crippen LogP contribution is -2.04. The van der Waals surface area contributed by atoms with Crippen molar-refractivity contribution in [2.75, 3.05) is 0 Å². The topological polar surface area (TPSA) is 49.9 Å². The van der Waals surface area contributed by atoms with Gasteiger partial charge in [-0.2, -0.15) is 21.6 Å². The summed E-state index contributed by atoms with van der Waals surface area (Å²) in [7, 11) is -4.95. The zero-order chi connectivity index (χ0) is 12.8. The van der Waals surface area contributed by atoms with Crippen molar-refractivity contribution in [1.82, 2.24) is 4.98 Å². The Morgan fingerprint density at radius 1 is 1.18 bits per heavy atom. The Kier molecular flexibility index (Phi) is 2.42. The molecule has 1 aromatic carbocycles. The summed E-state index contributed by atoms with van der Waals surface area (Å²) in [4.78, 5) is 1.62. The number of rotatable bonds is 1. The summed E-state index contributed by atoms with van der Waals surface area (Å²) in [6.45, 7) is 0. The van der Waals surface area contributed by atoms with Gasteiger partial charge in [-0.3, -0.25) is 0 Å². The van der Waals surface area contributed by atoms with Gasteiger partial charge in [-0.05, 0) is 12.1 Å². The number of halogens is 4. The fourth-order valence-corrected chi connectivity index (χ4v) is 2.12. The van der Waals surface area contributed by atoms with Crippen LogP contribution in [-0.2, 0) is 16.4 Å². The van der Waals surface area contributed by atoms with Gasteiger partial charge < -0.3 is 4.98 Å². The highest BCUT2D eigenvalue weighted by atomic mass is 32.3. The molecular formula is C9H5F4NO2S. The number of H-pyrrole nitrogens is 1. The van der Waals surface area contributed by atoms with Gasteiger partial charge >= 0.3 is 16.4 Å². The Balaban J connectivity index is 2.69. The number of nitrogens with one attached hydrogen (secondary N) is 1. The Bertz CT molecular complexity index is 672. The maximum atomic E-state index is 12.7. The van der Waals surface area contributed by atoms with Crippen LogP contribution in [-0.4, -0.2) is 13.4 Å². The zero-order valence-electron chi connectivity index (χ0n) is 8.05. The van der Waals surface area contributed by atoms with E-state index >= 15 is 0 Å². The molecule has 0 spiro atoms. The van der Waals surface area contributed by atoms with Crippen molar-refractivity contribution in [2.45, 2.75) is 11.1 Å². The minimum atomic E-state index is -4.95. The van der Waals surface area contributed by atoms with E-state index in [0.29, 0.717) is 6.07 Å². The van der Waals surface area contributed by atoms with E-state index in [1.54, 1.807) is 0 Å². The molecule has 2 aromatic rings. The average molecular weight is 267 g/mol. The predicted octanol–water partition coefficient (Wildman–Crippen LogP) is 2.84. The van der Waals surface area contributed by atoms with Crippen LogP contribution in [0.4, 0.5) is 17.1 Å². The molecule has 1 aromatic heterocycles. The molecule has 1 N–H and O–H groups in total. The predicted molar refractivity (Wildman–Crippen MR) is 51.6 cm³/mol. The smallest absolute Gasteiger partial charge is 0.360 e. The first-order chi connectivity index (χ1) is 7.69. The van der Waals surface area contributed by atoms with E-state index in [1.165, 1.54) is 0 Å². The third-order valence-electron chi connectivity index (χ3n) is 2.23. The highest BCUT2D eigenvalue weighted by Gasteiger charge is 2.31. The molecule has 0 radical (unpaired) electrons. The maximum absolute atomic E-state index is 12.7. The molecule has 92 valence electrons. The maximum Gasteiger partial charge on any atom is 0.416 e. The summed E-state index contributed by atoms with van der Waals surface area (Å²) in [5.74, 6) is 0. The third kappa shape index (κ3) is 2.12. The standard InChI is InChI=1S/C9H5F4NO2S/c10-9(11,12)5-1-2-6-7(3-5)14-4-8(6)17(13,15)16/h1-4,14H. The van der Waals surface area contributed by atoms with E-state index < -0.39 is 26.9 Å². The quantitative estimate of drug-likeness (QED) is 0.638. The van der Waals surface area contributed by atoms with Crippen LogP contribution in [0.3, 0.4) is 0 Å². The van der Waals surface area contributed by atoms with E-state index in [4.69, 9.17) is 0 Å². The number of fused-ring (bicyclic) bond motifs is 1. The van der Waals surface area contributed by atoms with Gasteiger partial charge in [-0.1, -0.05) is 6.07 Å². The molecule has 8 heteroatoms. The summed E-state index contributed by atoms with van der Waals surface area (Å²) in [6, 6.07) is 2.34. The van der Waals surface area contributed by atoms with Crippen LogP contribution < -0.4 is 0 Å². The van der Waals surface area contributed by atoms with Crippen molar-refractivity contribution in [3.63, 3.8) is 0 Å².